The molecule has 1 heterocycles. The number of hydrogen-bond donors (Lipinski definition) is 2. The van der Waals surface area contributed by atoms with Gasteiger partial charge in [-0.3, -0.25) is 4.79 Å². The van der Waals surface area contributed by atoms with E-state index in [2.05, 4.69) is 11.4 Å². The Bertz CT molecular complexity index is 567. The molecule has 3 N–H and O–H groups in total. The first-order chi connectivity index (χ1) is 9.65. The van der Waals surface area contributed by atoms with Crippen molar-refractivity contribution in [2.45, 2.75) is 13.3 Å². The second-order valence-corrected chi connectivity index (χ2v) is 5.53. The first-order valence-electron chi connectivity index (χ1n) is 6.41. The monoisotopic (exact) mass is 290 g/mol. The molecule has 0 aliphatic carbocycles. The maximum Gasteiger partial charge on any atom is 0.250 e. The van der Waals surface area contributed by atoms with E-state index in [-0.39, 0.29) is 12.5 Å². The van der Waals surface area contributed by atoms with E-state index in [1.165, 1.54) is 4.88 Å². The van der Waals surface area contributed by atoms with Crippen molar-refractivity contribution in [2.75, 3.05) is 24.3 Å². The van der Waals surface area contributed by atoms with Gasteiger partial charge in [-0.2, -0.15) is 0 Å². The van der Waals surface area contributed by atoms with E-state index in [9.17, 15) is 4.79 Å². The minimum Gasteiger partial charge on any atom is -0.398 e. The van der Waals surface area contributed by atoms with Gasteiger partial charge in [0.1, 0.15) is 6.61 Å². The summed E-state index contributed by atoms with van der Waals surface area (Å²) < 4.78 is 5.36. The van der Waals surface area contributed by atoms with Crippen molar-refractivity contribution in [2.24, 2.45) is 0 Å². The summed E-state index contributed by atoms with van der Waals surface area (Å²) in [7, 11) is 0. The highest BCUT2D eigenvalue weighted by atomic mass is 32.1. The molecule has 2 rings (SSSR count). The molecule has 106 valence electrons. The van der Waals surface area contributed by atoms with E-state index < -0.39 is 0 Å². The fourth-order valence-electron chi connectivity index (χ4n) is 1.71. The fraction of sp³-hybridized carbons (Fsp3) is 0.267. The number of hydrogen-bond acceptors (Lipinski definition) is 4. The lowest BCUT2D eigenvalue weighted by molar-refractivity contribution is -0.120. The van der Waals surface area contributed by atoms with Crippen molar-refractivity contribution in [1.29, 1.82) is 0 Å². The van der Waals surface area contributed by atoms with Crippen molar-refractivity contribution < 1.29 is 9.53 Å². The molecular weight excluding hydrogens is 272 g/mol. The largest absolute Gasteiger partial charge is 0.398 e. The fourth-order valence-corrected chi connectivity index (χ4v) is 2.40. The third-order valence-corrected chi connectivity index (χ3v) is 3.81. The van der Waals surface area contributed by atoms with Crippen LogP contribution < -0.4 is 11.1 Å². The summed E-state index contributed by atoms with van der Waals surface area (Å²) in [6.45, 7) is 2.53. The number of ether oxygens (including phenoxy) is 1. The van der Waals surface area contributed by atoms with Crippen LogP contribution in [0.1, 0.15) is 10.4 Å². The number of thiophene rings is 1. The normalized spacial score (nSPS) is 10.4. The molecule has 0 bridgehead atoms. The number of benzene rings is 1. The molecule has 0 unspecified atom stereocenters. The van der Waals surface area contributed by atoms with Crippen molar-refractivity contribution in [1.82, 2.24) is 0 Å². The smallest absolute Gasteiger partial charge is 0.250 e. The Hall–Kier alpha value is -1.85. The minimum atomic E-state index is -0.167. The maximum atomic E-state index is 11.7. The molecule has 0 spiro atoms. The topological polar surface area (TPSA) is 64.3 Å². The molecule has 0 saturated carbocycles. The number of nitrogen functional groups attached to an aromatic ring is 1. The van der Waals surface area contributed by atoms with Crippen molar-refractivity contribution in [3.63, 3.8) is 0 Å². The molecule has 0 radical (unpaired) electrons. The Labute approximate surface area is 122 Å². The number of aryl methyl sites for hydroxylation is 1. The van der Waals surface area contributed by atoms with Crippen LogP contribution in [0.15, 0.2) is 35.7 Å². The van der Waals surface area contributed by atoms with Gasteiger partial charge in [0, 0.05) is 22.7 Å². The summed E-state index contributed by atoms with van der Waals surface area (Å²) in [5, 5.41) is 4.79. The van der Waals surface area contributed by atoms with E-state index in [1.54, 1.807) is 17.4 Å². The minimum absolute atomic E-state index is 0.0547. The summed E-state index contributed by atoms with van der Waals surface area (Å²) >= 11 is 1.69. The van der Waals surface area contributed by atoms with Crippen molar-refractivity contribution >= 4 is 28.6 Å². The number of carbonyl (C=O) groups excluding carboxylic acids is 1. The molecule has 2 aromatic rings. The van der Waals surface area contributed by atoms with E-state index in [0.717, 1.165) is 12.0 Å². The zero-order valence-corrected chi connectivity index (χ0v) is 12.2. The van der Waals surface area contributed by atoms with Gasteiger partial charge in [-0.05, 0) is 36.1 Å². The van der Waals surface area contributed by atoms with Gasteiger partial charge in [0.25, 0.3) is 0 Å². The van der Waals surface area contributed by atoms with Gasteiger partial charge in [-0.1, -0.05) is 12.1 Å². The number of anilines is 2. The first-order valence-corrected chi connectivity index (χ1v) is 7.29. The SMILES string of the molecule is Cc1ccc(NC(=O)COCCc2cccs2)cc1N. The average Bonchev–Trinajstić information content (AvgIpc) is 2.92. The molecule has 1 amide bonds. The van der Waals surface area contributed by atoms with Crippen LogP contribution in [0.4, 0.5) is 11.4 Å². The summed E-state index contributed by atoms with van der Waals surface area (Å²) in [6.07, 6.45) is 0.836. The predicted molar refractivity (Wildman–Crippen MR) is 83.1 cm³/mol. The van der Waals surface area contributed by atoms with Crippen LogP contribution in [0.5, 0.6) is 0 Å². The van der Waals surface area contributed by atoms with Gasteiger partial charge in [0.05, 0.1) is 6.61 Å². The lowest BCUT2D eigenvalue weighted by Crippen LogP contribution is -2.19. The van der Waals surface area contributed by atoms with E-state index in [4.69, 9.17) is 10.5 Å². The lowest BCUT2D eigenvalue weighted by atomic mass is 10.2. The lowest BCUT2D eigenvalue weighted by Gasteiger charge is -2.08. The summed E-state index contributed by atoms with van der Waals surface area (Å²) in [5.41, 5.74) is 8.15. The number of nitrogens with one attached hydrogen (secondary N) is 1. The highest BCUT2D eigenvalue weighted by molar-refractivity contribution is 7.09. The molecule has 0 aliphatic heterocycles. The number of amides is 1. The van der Waals surface area contributed by atoms with E-state index >= 15 is 0 Å². The van der Waals surface area contributed by atoms with Crippen LogP contribution in [0.25, 0.3) is 0 Å². The Kier molecular flexibility index (Phi) is 5.15. The van der Waals surface area contributed by atoms with Crippen LogP contribution in [0, 0.1) is 6.92 Å². The molecule has 5 heteroatoms. The quantitative estimate of drug-likeness (QED) is 0.635. The second kappa shape index (κ2) is 7.07. The summed E-state index contributed by atoms with van der Waals surface area (Å²) in [6, 6.07) is 9.52. The second-order valence-electron chi connectivity index (χ2n) is 4.50. The van der Waals surface area contributed by atoms with Gasteiger partial charge in [-0.15, -0.1) is 11.3 Å². The Balaban J connectivity index is 1.71. The van der Waals surface area contributed by atoms with Gasteiger partial charge in [0.2, 0.25) is 5.91 Å². The van der Waals surface area contributed by atoms with E-state index in [0.29, 0.717) is 18.0 Å². The summed E-state index contributed by atoms with van der Waals surface area (Å²) in [4.78, 5) is 13.0. The Morgan fingerprint density at radius 2 is 2.25 bits per heavy atom. The molecule has 4 nitrogen and oxygen atoms in total. The predicted octanol–water partition coefficient (Wildman–Crippen LogP) is 2.84. The first kappa shape index (κ1) is 14.6. The zero-order chi connectivity index (χ0) is 14.4. The Morgan fingerprint density at radius 1 is 1.40 bits per heavy atom. The summed E-state index contributed by atoms with van der Waals surface area (Å²) in [5.74, 6) is -0.167. The molecule has 1 aromatic carbocycles. The molecule has 0 saturated heterocycles. The molecule has 0 atom stereocenters. The maximum absolute atomic E-state index is 11.7. The number of rotatable bonds is 6. The van der Waals surface area contributed by atoms with Crippen molar-refractivity contribution in [3.8, 4) is 0 Å². The number of nitrogens with two attached hydrogens (primary N) is 1. The zero-order valence-electron chi connectivity index (χ0n) is 11.4. The molecule has 0 fully saturated rings. The van der Waals surface area contributed by atoms with Gasteiger partial charge in [-0.25, -0.2) is 0 Å². The van der Waals surface area contributed by atoms with Gasteiger partial charge >= 0.3 is 0 Å². The van der Waals surface area contributed by atoms with E-state index in [1.807, 2.05) is 30.5 Å². The molecule has 1 aromatic heterocycles. The molecule has 20 heavy (non-hydrogen) atoms. The van der Waals surface area contributed by atoms with Crippen LogP contribution in [-0.2, 0) is 16.0 Å². The number of carbonyl (C=O) groups is 1. The van der Waals surface area contributed by atoms with Gasteiger partial charge < -0.3 is 15.8 Å². The third kappa shape index (κ3) is 4.36. The average molecular weight is 290 g/mol. The van der Waals surface area contributed by atoms with Crippen LogP contribution in [0.2, 0.25) is 0 Å². The van der Waals surface area contributed by atoms with Crippen LogP contribution in [0.3, 0.4) is 0 Å². The highest BCUT2D eigenvalue weighted by Gasteiger charge is 2.04. The van der Waals surface area contributed by atoms with Crippen molar-refractivity contribution in [3.05, 3.63) is 46.2 Å². The van der Waals surface area contributed by atoms with Crippen LogP contribution in [-0.4, -0.2) is 19.1 Å². The standard InChI is InChI=1S/C15H18N2O2S/c1-11-4-5-12(9-14(11)16)17-15(18)10-19-7-6-13-3-2-8-20-13/h2-5,8-9H,6-7,10,16H2,1H3,(H,17,18). The van der Waals surface area contributed by atoms with Gasteiger partial charge in [0.15, 0.2) is 0 Å². The molecular formula is C15H18N2O2S. The molecule has 0 aliphatic rings. The van der Waals surface area contributed by atoms with Crippen LogP contribution >= 0.6 is 11.3 Å². The highest BCUT2D eigenvalue weighted by Crippen LogP contribution is 2.16. The Morgan fingerprint density at radius 3 is 2.95 bits per heavy atom. The third-order valence-electron chi connectivity index (χ3n) is 2.87.